The summed E-state index contributed by atoms with van der Waals surface area (Å²) in [5, 5.41) is 4.47. The van der Waals surface area contributed by atoms with Crippen molar-refractivity contribution < 1.29 is 26.8 Å². The van der Waals surface area contributed by atoms with Crippen LogP contribution in [0.2, 0.25) is 0 Å². The van der Waals surface area contributed by atoms with Gasteiger partial charge in [-0.15, -0.1) is 0 Å². The average molecular weight is 437 g/mol. The largest absolute Gasteiger partial charge is 0.382 e. The van der Waals surface area contributed by atoms with Crippen molar-refractivity contribution in [1.82, 2.24) is 14.1 Å². The molecule has 8 nitrogen and oxygen atoms in total. The van der Waals surface area contributed by atoms with Crippen LogP contribution in [0.15, 0.2) is 36.0 Å². The summed E-state index contributed by atoms with van der Waals surface area (Å²) in [5.74, 6) is -0.317. The summed E-state index contributed by atoms with van der Waals surface area (Å²) < 4.78 is 60.2. The highest BCUT2D eigenvalue weighted by atomic mass is 32.2. The van der Waals surface area contributed by atoms with Crippen LogP contribution in [0.3, 0.4) is 0 Å². The Morgan fingerprint density at radius 3 is 2.73 bits per heavy atom. The Kier molecular flexibility index (Phi) is 5.78. The van der Waals surface area contributed by atoms with Gasteiger partial charge in [-0.2, -0.15) is 17.8 Å². The first-order chi connectivity index (χ1) is 14.3. The highest BCUT2D eigenvalue weighted by Crippen LogP contribution is 2.44. The summed E-state index contributed by atoms with van der Waals surface area (Å²) in [5.41, 5.74) is 3.04. The Morgan fingerprint density at radius 2 is 2.03 bits per heavy atom. The topological polar surface area (TPSA) is 93.9 Å². The van der Waals surface area contributed by atoms with E-state index in [9.17, 15) is 17.4 Å². The average Bonchev–Trinajstić information content (AvgIpc) is 3.11. The van der Waals surface area contributed by atoms with E-state index in [4.69, 9.17) is 9.47 Å². The molecule has 30 heavy (non-hydrogen) atoms. The molecule has 0 spiro atoms. The molecule has 4 rings (SSSR count). The molecule has 2 aromatic rings. The summed E-state index contributed by atoms with van der Waals surface area (Å²) >= 11 is 0. The van der Waals surface area contributed by atoms with Crippen molar-refractivity contribution in [2.75, 3.05) is 40.0 Å². The molecule has 1 atom stereocenters. The van der Waals surface area contributed by atoms with E-state index in [0.717, 1.165) is 26.8 Å². The predicted molar refractivity (Wildman–Crippen MR) is 108 cm³/mol. The molecule has 0 amide bonds. The number of nitrogens with zero attached hydrogens (tertiary/aromatic N) is 3. The number of hydrogen-bond donors (Lipinski definition) is 1. The number of aromatic nitrogens is 2. The molecule has 1 aromatic carbocycles. The lowest BCUT2D eigenvalue weighted by Gasteiger charge is -2.45. The maximum atomic E-state index is 13.3. The second-order valence-electron chi connectivity index (χ2n) is 7.68. The van der Waals surface area contributed by atoms with E-state index >= 15 is 0 Å². The zero-order valence-electron chi connectivity index (χ0n) is 16.6. The molecule has 10 heteroatoms. The van der Waals surface area contributed by atoms with E-state index in [1.807, 2.05) is 6.08 Å². The van der Waals surface area contributed by atoms with E-state index < -0.39 is 15.7 Å². The minimum atomic E-state index is -4.30. The quantitative estimate of drug-likeness (QED) is 0.527. The second-order valence-corrected chi connectivity index (χ2v) is 9.09. The summed E-state index contributed by atoms with van der Waals surface area (Å²) in [6, 6.07) is 6.10. The summed E-state index contributed by atoms with van der Waals surface area (Å²) in [6.45, 7) is 1.45. The van der Waals surface area contributed by atoms with Crippen molar-refractivity contribution in [2.45, 2.75) is 12.8 Å². The Hall–Kier alpha value is -2.11. The van der Waals surface area contributed by atoms with Crippen LogP contribution in [-0.2, 0) is 26.2 Å². The fraction of sp³-hybridized carbons (Fsp3) is 0.450. The van der Waals surface area contributed by atoms with Gasteiger partial charge in [0.25, 0.3) is 0 Å². The molecule has 162 valence electrons. The molecule has 1 aliphatic heterocycles. The molecular formula is C20H24FN3O5S. The Labute approximate surface area is 174 Å². The van der Waals surface area contributed by atoms with Crippen molar-refractivity contribution in [3.8, 4) is 5.69 Å². The maximum Gasteiger partial charge on any atom is 0.335 e. The van der Waals surface area contributed by atoms with Gasteiger partial charge in [-0.1, -0.05) is 5.57 Å². The summed E-state index contributed by atoms with van der Waals surface area (Å²) in [4.78, 5) is 0. The van der Waals surface area contributed by atoms with Crippen molar-refractivity contribution in [1.29, 1.82) is 0 Å². The number of piperidine rings is 1. The van der Waals surface area contributed by atoms with Gasteiger partial charge >= 0.3 is 10.3 Å². The highest BCUT2D eigenvalue weighted by molar-refractivity contribution is 7.83. The standard InChI is InChI=1S/C20H24FN3O5S/c1-28-8-9-29-14-20-11-15-12-22-24(18-4-2-17(21)3-5-18)19(15)10-16(20)6-7-23(13-20)30(25,26)27/h2-5,10,12H,6-9,11,13-14H2,1H3,(H,25,26,27)/t20-/m1/s1. The van der Waals surface area contributed by atoms with Gasteiger partial charge in [0.05, 0.1) is 37.4 Å². The van der Waals surface area contributed by atoms with Crippen LogP contribution < -0.4 is 0 Å². The molecule has 0 radical (unpaired) electrons. The lowest BCUT2D eigenvalue weighted by atomic mass is 9.69. The van der Waals surface area contributed by atoms with E-state index in [1.165, 1.54) is 12.1 Å². The molecule has 1 saturated heterocycles. The SMILES string of the molecule is COCCOC[C@]12Cc3cnn(-c4ccc(F)cc4)c3C=C1CCN(S(=O)(=O)O)C2. The van der Waals surface area contributed by atoms with E-state index in [1.54, 1.807) is 30.1 Å². The van der Waals surface area contributed by atoms with E-state index in [0.29, 0.717) is 32.7 Å². The van der Waals surface area contributed by atoms with Crippen LogP contribution in [0.25, 0.3) is 11.8 Å². The van der Waals surface area contributed by atoms with Gasteiger partial charge in [-0.05, 0) is 48.7 Å². The minimum Gasteiger partial charge on any atom is -0.382 e. The van der Waals surface area contributed by atoms with Crippen LogP contribution in [0.1, 0.15) is 17.7 Å². The molecule has 2 aliphatic rings. The van der Waals surface area contributed by atoms with Crippen molar-refractivity contribution in [3.05, 3.63) is 53.1 Å². The lowest BCUT2D eigenvalue weighted by molar-refractivity contribution is 0.0139. The van der Waals surface area contributed by atoms with Crippen molar-refractivity contribution in [3.63, 3.8) is 0 Å². The Morgan fingerprint density at radius 1 is 1.27 bits per heavy atom. The molecule has 0 unspecified atom stereocenters. The van der Waals surface area contributed by atoms with Gasteiger partial charge in [-0.3, -0.25) is 4.55 Å². The predicted octanol–water partition coefficient (Wildman–Crippen LogP) is 2.11. The first kappa shape index (κ1) is 21.1. The molecule has 2 heterocycles. The number of fused-ring (bicyclic) bond motifs is 2. The zero-order chi connectivity index (χ0) is 21.4. The number of benzene rings is 1. The van der Waals surface area contributed by atoms with Crippen LogP contribution in [0, 0.1) is 11.2 Å². The number of hydrogen-bond acceptors (Lipinski definition) is 5. The third kappa shape index (κ3) is 4.06. The van der Waals surface area contributed by atoms with Crippen LogP contribution >= 0.6 is 0 Å². The van der Waals surface area contributed by atoms with Gasteiger partial charge in [0.1, 0.15) is 5.82 Å². The lowest BCUT2D eigenvalue weighted by Crippen LogP contribution is -2.51. The van der Waals surface area contributed by atoms with E-state index in [2.05, 4.69) is 5.10 Å². The third-order valence-electron chi connectivity index (χ3n) is 5.72. The van der Waals surface area contributed by atoms with Crippen LogP contribution in [-0.4, -0.2) is 67.1 Å². The smallest absolute Gasteiger partial charge is 0.335 e. The number of halogens is 1. The van der Waals surface area contributed by atoms with Gasteiger partial charge < -0.3 is 9.47 Å². The molecule has 1 aliphatic carbocycles. The Bertz CT molecular complexity index is 1050. The first-order valence-corrected chi connectivity index (χ1v) is 11.1. The second kappa shape index (κ2) is 8.20. The molecule has 1 aromatic heterocycles. The normalized spacial score (nSPS) is 21.8. The van der Waals surface area contributed by atoms with Gasteiger partial charge in [0.15, 0.2) is 0 Å². The van der Waals surface area contributed by atoms with E-state index in [-0.39, 0.29) is 18.9 Å². The summed E-state index contributed by atoms with van der Waals surface area (Å²) in [6.07, 6.45) is 4.77. The van der Waals surface area contributed by atoms with Crippen molar-refractivity contribution in [2.24, 2.45) is 5.41 Å². The summed E-state index contributed by atoms with van der Waals surface area (Å²) in [7, 11) is -2.71. The maximum absolute atomic E-state index is 13.3. The van der Waals surface area contributed by atoms with Gasteiger partial charge in [0.2, 0.25) is 0 Å². The Balaban J connectivity index is 1.69. The van der Waals surface area contributed by atoms with Gasteiger partial charge in [0, 0.05) is 25.6 Å². The molecular weight excluding hydrogens is 413 g/mol. The number of methoxy groups -OCH3 is 1. The molecule has 1 fully saturated rings. The number of ether oxygens (including phenoxy) is 2. The minimum absolute atomic E-state index is 0.131. The molecule has 0 bridgehead atoms. The fourth-order valence-electron chi connectivity index (χ4n) is 4.22. The zero-order valence-corrected chi connectivity index (χ0v) is 17.4. The van der Waals surface area contributed by atoms with Crippen LogP contribution in [0.5, 0.6) is 0 Å². The highest BCUT2D eigenvalue weighted by Gasteiger charge is 2.45. The molecule has 0 saturated carbocycles. The third-order valence-corrected chi connectivity index (χ3v) is 6.69. The first-order valence-electron chi connectivity index (χ1n) is 9.65. The molecule has 1 N–H and O–H groups in total. The monoisotopic (exact) mass is 437 g/mol. The number of rotatable bonds is 7. The fourth-order valence-corrected chi connectivity index (χ4v) is 4.95. The van der Waals surface area contributed by atoms with Gasteiger partial charge in [-0.25, -0.2) is 9.07 Å². The van der Waals surface area contributed by atoms with Crippen molar-refractivity contribution >= 4 is 16.4 Å². The van der Waals surface area contributed by atoms with Crippen LogP contribution in [0.4, 0.5) is 4.39 Å².